The molecule has 2 nitrogen and oxygen atoms in total. The van der Waals surface area contributed by atoms with E-state index in [4.69, 9.17) is 0 Å². The van der Waals surface area contributed by atoms with Crippen LogP contribution in [0.4, 0.5) is 4.39 Å². The van der Waals surface area contributed by atoms with Crippen LogP contribution in [0.15, 0.2) is 65.6 Å². The normalized spacial score (nSPS) is 10.7. The van der Waals surface area contributed by atoms with Crippen LogP contribution >= 0.6 is 0 Å². The second kappa shape index (κ2) is 4.11. The van der Waals surface area contributed by atoms with Gasteiger partial charge in [0.05, 0.1) is 0 Å². The maximum absolute atomic E-state index is 13.2. The van der Waals surface area contributed by atoms with Crippen LogP contribution in [0.5, 0.6) is 0 Å². The second-order valence-electron chi connectivity index (χ2n) is 4.06. The third kappa shape index (κ3) is 1.70. The predicted octanol–water partition coefficient (Wildman–Crippen LogP) is 3.11. The standard InChI is InChI=1S/C15H10FNO/c16-12-5-3-4-11(10-12)14-8-7-13-6-1-2-9-17(13)15(14)18/h1-10H. The van der Waals surface area contributed by atoms with E-state index in [9.17, 15) is 9.18 Å². The van der Waals surface area contributed by atoms with Crippen LogP contribution in [0, 0.1) is 5.82 Å². The molecule has 0 amide bonds. The average molecular weight is 239 g/mol. The summed E-state index contributed by atoms with van der Waals surface area (Å²) in [5.41, 5.74) is 1.78. The molecule has 3 aromatic rings. The molecule has 0 aliphatic carbocycles. The van der Waals surface area contributed by atoms with Crippen LogP contribution < -0.4 is 5.56 Å². The lowest BCUT2D eigenvalue weighted by atomic mass is 10.1. The molecule has 3 heteroatoms. The summed E-state index contributed by atoms with van der Waals surface area (Å²) in [7, 11) is 0. The monoisotopic (exact) mass is 239 g/mol. The number of benzene rings is 1. The molecule has 0 N–H and O–H groups in total. The van der Waals surface area contributed by atoms with Gasteiger partial charge >= 0.3 is 0 Å². The summed E-state index contributed by atoms with van der Waals surface area (Å²) >= 11 is 0. The molecule has 2 heterocycles. The molecule has 0 atom stereocenters. The van der Waals surface area contributed by atoms with Crippen molar-refractivity contribution in [2.75, 3.05) is 0 Å². The Morgan fingerprint density at radius 3 is 2.67 bits per heavy atom. The molecule has 0 radical (unpaired) electrons. The lowest BCUT2D eigenvalue weighted by molar-refractivity contribution is 0.628. The highest BCUT2D eigenvalue weighted by molar-refractivity contribution is 5.65. The zero-order valence-electron chi connectivity index (χ0n) is 9.51. The number of nitrogens with zero attached hydrogens (tertiary/aromatic N) is 1. The van der Waals surface area contributed by atoms with Crippen molar-refractivity contribution in [3.05, 3.63) is 77.0 Å². The van der Waals surface area contributed by atoms with Crippen molar-refractivity contribution in [2.24, 2.45) is 0 Å². The van der Waals surface area contributed by atoms with Gasteiger partial charge in [-0.3, -0.25) is 9.20 Å². The lowest BCUT2D eigenvalue weighted by Crippen LogP contribution is -2.14. The fourth-order valence-electron chi connectivity index (χ4n) is 2.02. The molecule has 88 valence electrons. The van der Waals surface area contributed by atoms with E-state index in [2.05, 4.69) is 0 Å². The van der Waals surface area contributed by atoms with Gasteiger partial charge in [-0.15, -0.1) is 0 Å². The van der Waals surface area contributed by atoms with E-state index in [1.807, 2.05) is 18.2 Å². The fraction of sp³-hybridized carbons (Fsp3) is 0. The van der Waals surface area contributed by atoms with E-state index in [1.54, 1.807) is 34.9 Å². The van der Waals surface area contributed by atoms with Crippen LogP contribution in [-0.4, -0.2) is 4.40 Å². The van der Waals surface area contributed by atoms with Gasteiger partial charge in [0.2, 0.25) is 0 Å². The van der Waals surface area contributed by atoms with Crippen molar-refractivity contribution in [1.82, 2.24) is 4.40 Å². The SMILES string of the molecule is O=c1c(-c2cccc(F)c2)ccc2ccccn12. The minimum atomic E-state index is -0.343. The van der Waals surface area contributed by atoms with Crippen molar-refractivity contribution in [1.29, 1.82) is 0 Å². The van der Waals surface area contributed by atoms with Gasteiger partial charge in [-0.25, -0.2) is 4.39 Å². The second-order valence-corrected chi connectivity index (χ2v) is 4.06. The molecule has 0 aliphatic heterocycles. The van der Waals surface area contributed by atoms with Gasteiger partial charge in [-0.1, -0.05) is 18.2 Å². The number of aromatic nitrogens is 1. The number of hydrogen-bond donors (Lipinski definition) is 0. The molecule has 0 fully saturated rings. The van der Waals surface area contributed by atoms with Gasteiger partial charge in [0.15, 0.2) is 0 Å². The average Bonchev–Trinajstić information content (AvgIpc) is 2.39. The van der Waals surface area contributed by atoms with E-state index < -0.39 is 0 Å². The van der Waals surface area contributed by atoms with Crippen molar-refractivity contribution < 1.29 is 4.39 Å². The van der Waals surface area contributed by atoms with Crippen LogP contribution in [-0.2, 0) is 0 Å². The number of fused-ring (bicyclic) bond motifs is 1. The Balaban J connectivity index is 2.31. The Morgan fingerprint density at radius 2 is 1.83 bits per heavy atom. The molecule has 0 saturated carbocycles. The van der Waals surface area contributed by atoms with Crippen molar-refractivity contribution in [3.8, 4) is 11.1 Å². The van der Waals surface area contributed by atoms with Crippen LogP contribution in [0.2, 0.25) is 0 Å². The molecule has 3 rings (SSSR count). The maximum atomic E-state index is 13.2. The molecule has 0 unspecified atom stereocenters. The summed E-state index contributed by atoms with van der Waals surface area (Å²) in [6.07, 6.45) is 1.71. The quantitative estimate of drug-likeness (QED) is 0.639. The summed E-state index contributed by atoms with van der Waals surface area (Å²) < 4.78 is 14.7. The highest BCUT2D eigenvalue weighted by atomic mass is 19.1. The zero-order valence-corrected chi connectivity index (χ0v) is 9.51. The number of pyridine rings is 2. The lowest BCUT2D eigenvalue weighted by Gasteiger charge is -2.04. The summed E-state index contributed by atoms with van der Waals surface area (Å²) in [5.74, 6) is -0.343. The molecular formula is C15H10FNO. The Labute approximate surface area is 103 Å². The number of halogens is 1. The molecule has 2 aromatic heterocycles. The summed E-state index contributed by atoms with van der Waals surface area (Å²) in [6, 6.07) is 15.2. The minimum absolute atomic E-state index is 0.140. The van der Waals surface area contributed by atoms with Gasteiger partial charge in [0.25, 0.3) is 5.56 Å². The van der Waals surface area contributed by atoms with Crippen LogP contribution in [0.1, 0.15) is 0 Å². The summed E-state index contributed by atoms with van der Waals surface area (Å²) in [5, 5.41) is 0. The molecule has 18 heavy (non-hydrogen) atoms. The molecule has 0 saturated heterocycles. The number of hydrogen-bond acceptors (Lipinski definition) is 1. The van der Waals surface area contributed by atoms with Crippen molar-refractivity contribution in [3.63, 3.8) is 0 Å². The maximum Gasteiger partial charge on any atom is 0.262 e. The number of rotatable bonds is 1. The minimum Gasteiger partial charge on any atom is -0.284 e. The Morgan fingerprint density at radius 1 is 0.944 bits per heavy atom. The van der Waals surface area contributed by atoms with E-state index in [0.717, 1.165) is 5.52 Å². The first-order valence-electron chi connectivity index (χ1n) is 5.62. The summed E-state index contributed by atoms with van der Waals surface area (Å²) in [4.78, 5) is 12.3. The van der Waals surface area contributed by atoms with Crippen molar-refractivity contribution >= 4 is 5.52 Å². The first-order chi connectivity index (χ1) is 8.75. The third-order valence-corrected chi connectivity index (χ3v) is 2.90. The Hall–Kier alpha value is -2.42. The molecule has 0 bridgehead atoms. The van der Waals surface area contributed by atoms with E-state index >= 15 is 0 Å². The molecule has 0 aliphatic rings. The van der Waals surface area contributed by atoms with Gasteiger partial charge in [-0.2, -0.15) is 0 Å². The fourth-order valence-corrected chi connectivity index (χ4v) is 2.02. The van der Waals surface area contributed by atoms with E-state index in [-0.39, 0.29) is 11.4 Å². The highest BCUT2D eigenvalue weighted by Crippen LogP contribution is 2.17. The molecular weight excluding hydrogens is 229 g/mol. The summed E-state index contributed by atoms with van der Waals surface area (Å²) in [6.45, 7) is 0. The first kappa shape index (κ1) is 10.7. The smallest absolute Gasteiger partial charge is 0.262 e. The van der Waals surface area contributed by atoms with Crippen molar-refractivity contribution in [2.45, 2.75) is 0 Å². The Bertz CT molecular complexity index is 777. The molecule has 1 aromatic carbocycles. The Kier molecular flexibility index (Phi) is 2.45. The largest absolute Gasteiger partial charge is 0.284 e. The van der Waals surface area contributed by atoms with Gasteiger partial charge in [0.1, 0.15) is 5.82 Å². The first-order valence-corrected chi connectivity index (χ1v) is 5.62. The zero-order chi connectivity index (χ0) is 12.5. The van der Waals surface area contributed by atoms with Gasteiger partial charge in [0, 0.05) is 17.3 Å². The highest BCUT2D eigenvalue weighted by Gasteiger charge is 2.06. The van der Waals surface area contributed by atoms with Gasteiger partial charge < -0.3 is 0 Å². The molecule has 0 spiro atoms. The topological polar surface area (TPSA) is 21.5 Å². The van der Waals surface area contributed by atoms with Crippen LogP contribution in [0.25, 0.3) is 16.6 Å². The predicted molar refractivity (Wildman–Crippen MR) is 69.1 cm³/mol. The van der Waals surface area contributed by atoms with Crippen LogP contribution in [0.3, 0.4) is 0 Å². The van der Waals surface area contributed by atoms with Gasteiger partial charge in [-0.05, 0) is 42.0 Å². The third-order valence-electron chi connectivity index (χ3n) is 2.90. The van der Waals surface area contributed by atoms with E-state index in [1.165, 1.54) is 12.1 Å². The van der Waals surface area contributed by atoms with E-state index in [0.29, 0.717) is 11.1 Å².